The fraction of sp³-hybridized carbons (Fsp3) is 0.160. The molecule has 0 saturated heterocycles. The Morgan fingerprint density at radius 1 is 1.12 bits per heavy atom. The van der Waals surface area contributed by atoms with Gasteiger partial charge in [0, 0.05) is 16.2 Å². The van der Waals surface area contributed by atoms with Gasteiger partial charge in [0.1, 0.15) is 0 Å². The third-order valence-electron chi connectivity index (χ3n) is 4.83. The van der Waals surface area contributed by atoms with Crippen molar-refractivity contribution >= 4 is 39.6 Å². The third-order valence-corrected chi connectivity index (χ3v) is 5.07. The summed E-state index contributed by atoms with van der Waals surface area (Å²) in [5.74, 6) is 5.79. The number of pyridine rings is 2. The van der Waals surface area contributed by atoms with Gasteiger partial charge in [-0.25, -0.2) is 4.98 Å². The van der Waals surface area contributed by atoms with Crippen molar-refractivity contribution in [3.8, 4) is 0 Å². The molecule has 2 N–H and O–H groups in total. The molecule has 0 aliphatic rings. The molecular weight excluding hydrogens is 429 g/mol. The summed E-state index contributed by atoms with van der Waals surface area (Å²) in [6.07, 6.45) is 3.77. The molecule has 3 aromatic rings. The number of fused-ring (bicyclic) bond motifs is 1. The Labute approximate surface area is 220 Å². The summed E-state index contributed by atoms with van der Waals surface area (Å²) in [5.41, 5.74) is 6.67. The van der Waals surface area contributed by atoms with Gasteiger partial charge in [0.05, 0.1) is 34.3 Å². The smallest absolute Gasteiger partial charge is 0.430 e. The van der Waals surface area contributed by atoms with Gasteiger partial charge in [0.25, 0.3) is 0 Å². The molecule has 0 saturated carbocycles. The largest absolute Gasteiger partial charge is 1.00 e. The fourth-order valence-electron chi connectivity index (χ4n) is 3.23. The van der Waals surface area contributed by atoms with E-state index in [1.165, 1.54) is 0 Å². The van der Waals surface area contributed by atoms with E-state index in [-0.39, 0.29) is 44.4 Å². The molecule has 7 heteroatoms. The molecule has 0 aliphatic carbocycles. The zero-order valence-electron chi connectivity index (χ0n) is 19.7. The number of aryl methyl sites for hydroxylation is 1. The minimum Gasteiger partial charge on any atom is -0.430 e. The van der Waals surface area contributed by atoms with Crippen LogP contribution in [0.5, 0.6) is 0 Å². The summed E-state index contributed by atoms with van der Waals surface area (Å²) in [7, 11) is 0. The molecule has 1 aromatic carbocycles. The molecule has 0 amide bonds. The zero-order chi connectivity index (χ0) is 21.0. The second-order valence-corrected chi connectivity index (χ2v) is 6.99. The molecule has 0 atom stereocenters. The van der Waals surface area contributed by atoms with Crippen molar-refractivity contribution in [2.24, 2.45) is 10.9 Å². The van der Waals surface area contributed by atoms with Crippen LogP contribution in [0.3, 0.4) is 0 Å². The number of anilines is 1. The Morgan fingerprint density at radius 3 is 2.41 bits per heavy atom. The molecule has 2 heterocycles. The van der Waals surface area contributed by atoms with Crippen molar-refractivity contribution < 1.29 is 29.6 Å². The second-order valence-electron chi connectivity index (χ2n) is 6.55. The van der Waals surface area contributed by atoms with Gasteiger partial charge in [-0.3, -0.25) is 4.98 Å². The average molecular weight is 459 g/mol. The first kappa shape index (κ1) is 30.1. The number of benzene rings is 1. The molecule has 0 radical (unpaired) electrons. The summed E-state index contributed by atoms with van der Waals surface area (Å²) >= 11 is 6.21. The Bertz CT molecular complexity index is 1090. The van der Waals surface area contributed by atoms with E-state index in [0.717, 1.165) is 39.1 Å². The van der Waals surface area contributed by atoms with Gasteiger partial charge in [-0.1, -0.05) is 23.7 Å². The van der Waals surface area contributed by atoms with Crippen LogP contribution in [-0.2, 0) is 0 Å². The van der Waals surface area contributed by atoms with Crippen LogP contribution in [0, 0.1) is 35.6 Å². The Morgan fingerprint density at radius 2 is 1.81 bits per heavy atom. The molecule has 3 rings (SSSR count). The van der Waals surface area contributed by atoms with Crippen LogP contribution in [0.4, 0.5) is 5.69 Å². The predicted molar refractivity (Wildman–Crippen MR) is 136 cm³/mol. The number of aromatic nitrogens is 2. The number of hydrogen-bond donors (Lipinski definition) is 1. The molecule has 166 valence electrons. The molecule has 0 fully saturated rings. The minimum absolute atomic E-state index is 0. The maximum Gasteiger partial charge on any atom is 1.00 e. The third kappa shape index (κ3) is 6.32. The van der Waals surface area contributed by atoms with Crippen LogP contribution in [0.25, 0.3) is 16.6 Å². The molecular formula is C25H30ClN5Na-3. The maximum absolute atomic E-state index is 6.21. The summed E-state index contributed by atoms with van der Waals surface area (Å²) < 4.78 is 0. The SMILES string of the molecule is [CH2-]CN(C[CH2-])c1cnc2ccc(C(=C/C)/C(=N\N)c3cc(Cl)ccc3C)nc2c1.[CH3-].[CH3-].[Na+]. The summed E-state index contributed by atoms with van der Waals surface area (Å²) in [6.45, 7) is 13.0. The number of hydrazone groups is 1. The van der Waals surface area contributed by atoms with E-state index in [4.69, 9.17) is 22.4 Å². The number of rotatable bonds is 6. The molecule has 32 heavy (non-hydrogen) atoms. The van der Waals surface area contributed by atoms with E-state index < -0.39 is 0 Å². The van der Waals surface area contributed by atoms with E-state index in [0.29, 0.717) is 23.8 Å². The maximum atomic E-state index is 6.21. The van der Waals surface area contributed by atoms with Crippen molar-refractivity contribution in [3.05, 3.63) is 99.2 Å². The first-order valence-corrected chi connectivity index (χ1v) is 9.71. The van der Waals surface area contributed by atoms with E-state index >= 15 is 0 Å². The normalized spacial score (nSPS) is 11.3. The van der Waals surface area contributed by atoms with Gasteiger partial charge >= 0.3 is 29.6 Å². The van der Waals surface area contributed by atoms with Crippen LogP contribution in [0.2, 0.25) is 5.02 Å². The number of hydrogen-bond acceptors (Lipinski definition) is 5. The molecule has 0 spiro atoms. The average Bonchev–Trinajstić information content (AvgIpc) is 2.74. The number of nitrogens with zero attached hydrogens (tertiary/aromatic N) is 4. The van der Waals surface area contributed by atoms with Crippen LogP contribution in [-0.4, -0.2) is 28.8 Å². The van der Waals surface area contributed by atoms with E-state index in [1.807, 2.05) is 67.4 Å². The van der Waals surface area contributed by atoms with Crippen molar-refractivity contribution in [1.82, 2.24) is 9.97 Å². The van der Waals surface area contributed by atoms with Gasteiger partial charge in [-0.15, -0.1) is 13.1 Å². The zero-order valence-corrected chi connectivity index (χ0v) is 22.4. The standard InChI is InChI=1S/C23H24ClN5.2CH3.Na/c1-5-18(23(28-25)19-12-16(24)9-8-15(19)4)20-10-11-21-22(27-20)13-17(14-26-21)29(6-2)7-3;;;/h5,8-14H,2-3,6-7,25H2,1,4H3;2*1H3;/q-2;2*-1;+1/b18-5-,28-23+;;;. The van der Waals surface area contributed by atoms with Crippen LogP contribution < -0.4 is 40.3 Å². The topological polar surface area (TPSA) is 67.4 Å². The van der Waals surface area contributed by atoms with Crippen molar-refractivity contribution in [2.75, 3.05) is 18.0 Å². The molecule has 0 unspecified atom stereocenters. The van der Waals surface area contributed by atoms with E-state index in [2.05, 4.69) is 23.9 Å². The van der Waals surface area contributed by atoms with Gasteiger partial charge < -0.3 is 39.4 Å². The Hall–Kier alpha value is -1.92. The quantitative estimate of drug-likeness (QED) is 0.203. The van der Waals surface area contributed by atoms with Crippen molar-refractivity contribution in [3.63, 3.8) is 0 Å². The van der Waals surface area contributed by atoms with Crippen molar-refractivity contribution in [1.29, 1.82) is 0 Å². The Balaban J connectivity index is 0.00000320. The molecule has 2 aromatic heterocycles. The monoisotopic (exact) mass is 458 g/mol. The second kappa shape index (κ2) is 13.6. The first-order valence-electron chi connectivity index (χ1n) is 9.34. The van der Waals surface area contributed by atoms with Crippen molar-refractivity contribution in [2.45, 2.75) is 13.8 Å². The van der Waals surface area contributed by atoms with E-state index in [9.17, 15) is 0 Å². The van der Waals surface area contributed by atoms with Crippen LogP contribution in [0.1, 0.15) is 23.7 Å². The van der Waals surface area contributed by atoms with Gasteiger partial charge in [0.2, 0.25) is 0 Å². The number of halogens is 1. The summed E-state index contributed by atoms with van der Waals surface area (Å²) in [4.78, 5) is 11.4. The Kier molecular flexibility index (Phi) is 12.8. The first-order chi connectivity index (χ1) is 14.0. The van der Waals surface area contributed by atoms with Gasteiger partial charge in [-0.05, 0) is 49.7 Å². The number of allylic oxidation sites excluding steroid dienone is 2. The summed E-state index contributed by atoms with van der Waals surface area (Å²) in [6, 6.07) is 11.5. The summed E-state index contributed by atoms with van der Waals surface area (Å²) in [5, 5.41) is 4.70. The minimum atomic E-state index is 0. The van der Waals surface area contributed by atoms with Crippen LogP contribution in [0.15, 0.2) is 53.8 Å². The number of nitrogens with two attached hydrogens (primary N) is 1. The van der Waals surface area contributed by atoms with E-state index in [1.54, 1.807) is 0 Å². The van der Waals surface area contributed by atoms with Gasteiger partial charge in [0.15, 0.2) is 0 Å². The molecule has 5 nitrogen and oxygen atoms in total. The van der Waals surface area contributed by atoms with Crippen LogP contribution >= 0.6 is 11.6 Å². The fourth-order valence-corrected chi connectivity index (χ4v) is 3.40. The van der Waals surface area contributed by atoms with Gasteiger partial charge in [-0.2, -0.15) is 5.10 Å². The molecule has 0 aliphatic heterocycles. The predicted octanol–water partition coefficient (Wildman–Crippen LogP) is 2.74. The molecule has 0 bridgehead atoms.